The highest BCUT2D eigenvalue weighted by Crippen LogP contribution is 2.17. The predicted molar refractivity (Wildman–Crippen MR) is 80.3 cm³/mol. The van der Waals surface area contributed by atoms with Gasteiger partial charge in [-0.2, -0.15) is 0 Å². The molecule has 1 aliphatic rings. The highest BCUT2D eigenvalue weighted by molar-refractivity contribution is 5.81. The van der Waals surface area contributed by atoms with Gasteiger partial charge < -0.3 is 5.32 Å². The van der Waals surface area contributed by atoms with Gasteiger partial charge in [0.2, 0.25) is 5.91 Å². The van der Waals surface area contributed by atoms with E-state index >= 15 is 0 Å². The second kappa shape index (κ2) is 7.39. The van der Waals surface area contributed by atoms with E-state index in [1.165, 1.54) is 19.3 Å². The standard InChI is InChI=1S/C16H25N3O/c1-12(14-8-10-17-11-9-14)18-13(2)16(20)19-15-6-4-3-5-7-15/h8-13,15,18H,3-7H2,1-2H3,(H,19,20)/t12-,13?/m1/s1. The molecular weight excluding hydrogens is 250 g/mol. The zero-order valence-electron chi connectivity index (χ0n) is 12.4. The molecule has 1 unspecified atom stereocenters. The molecule has 1 amide bonds. The third-order valence-electron chi connectivity index (χ3n) is 4.05. The molecule has 4 heteroatoms. The highest BCUT2D eigenvalue weighted by Gasteiger charge is 2.20. The van der Waals surface area contributed by atoms with Crippen molar-refractivity contribution in [2.45, 2.75) is 64.1 Å². The average molecular weight is 275 g/mol. The van der Waals surface area contributed by atoms with Crippen LogP contribution in [0.3, 0.4) is 0 Å². The van der Waals surface area contributed by atoms with E-state index in [1.54, 1.807) is 12.4 Å². The molecule has 0 aromatic carbocycles. The number of amides is 1. The molecule has 1 aromatic heterocycles. The van der Waals surface area contributed by atoms with E-state index in [1.807, 2.05) is 19.1 Å². The van der Waals surface area contributed by atoms with E-state index in [4.69, 9.17) is 0 Å². The van der Waals surface area contributed by atoms with Crippen LogP contribution < -0.4 is 10.6 Å². The normalized spacial score (nSPS) is 19.3. The first kappa shape index (κ1) is 15.0. The van der Waals surface area contributed by atoms with Crippen molar-refractivity contribution in [1.82, 2.24) is 15.6 Å². The van der Waals surface area contributed by atoms with Gasteiger partial charge in [-0.1, -0.05) is 19.3 Å². The minimum atomic E-state index is -0.180. The summed E-state index contributed by atoms with van der Waals surface area (Å²) in [5.74, 6) is 0.109. The molecule has 1 saturated carbocycles. The van der Waals surface area contributed by atoms with E-state index < -0.39 is 0 Å². The summed E-state index contributed by atoms with van der Waals surface area (Å²) in [5, 5.41) is 6.51. The summed E-state index contributed by atoms with van der Waals surface area (Å²) >= 11 is 0. The Bertz CT molecular complexity index is 415. The van der Waals surface area contributed by atoms with Crippen LogP contribution in [0.15, 0.2) is 24.5 Å². The van der Waals surface area contributed by atoms with E-state index in [9.17, 15) is 4.79 Å². The fourth-order valence-electron chi connectivity index (χ4n) is 2.77. The van der Waals surface area contributed by atoms with Crippen LogP contribution >= 0.6 is 0 Å². The van der Waals surface area contributed by atoms with Gasteiger partial charge in [0.25, 0.3) is 0 Å². The second-order valence-corrected chi connectivity index (χ2v) is 5.73. The van der Waals surface area contributed by atoms with Crippen LogP contribution in [-0.2, 0) is 4.79 Å². The van der Waals surface area contributed by atoms with E-state index in [-0.39, 0.29) is 18.0 Å². The Morgan fingerprint density at radius 1 is 1.20 bits per heavy atom. The number of rotatable bonds is 5. The van der Waals surface area contributed by atoms with Crippen LogP contribution in [0.2, 0.25) is 0 Å². The maximum atomic E-state index is 12.2. The predicted octanol–water partition coefficient (Wildman–Crippen LogP) is 2.57. The molecule has 0 aliphatic heterocycles. The molecule has 1 heterocycles. The lowest BCUT2D eigenvalue weighted by Crippen LogP contribution is -2.47. The fraction of sp³-hybridized carbons (Fsp3) is 0.625. The van der Waals surface area contributed by atoms with Gasteiger partial charge in [-0.3, -0.25) is 15.1 Å². The largest absolute Gasteiger partial charge is 0.352 e. The fourth-order valence-corrected chi connectivity index (χ4v) is 2.77. The van der Waals surface area contributed by atoms with Crippen molar-refractivity contribution in [2.24, 2.45) is 0 Å². The lowest BCUT2D eigenvalue weighted by Gasteiger charge is -2.26. The average Bonchev–Trinajstić information content (AvgIpc) is 2.49. The van der Waals surface area contributed by atoms with Crippen LogP contribution in [0, 0.1) is 0 Å². The molecule has 20 heavy (non-hydrogen) atoms. The van der Waals surface area contributed by atoms with Gasteiger partial charge in [-0.15, -0.1) is 0 Å². The van der Waals surface area contributed by atoms with E-state index in [2.05, 4.69) is 22.5 Å². The Morgan fingerprint density at radius 2 is 1.85 bits per heavy atom. The van der Waals surface area contributed by atoms with Crippen molar-refractivity contribution in [3.63, 3.8) is 0 Å². The summed E-state index contributed by atoms with van der Waals surface area (Å²) in [6.07, 6.45) is 9.58. The summed E-state index contributed by atoms with van der Waals surface area (Å²) in [4.78, 5) is 16.2. The smallest absolute Gasteiger partial charge is 0.237 e. The first-order valence-corrected chi connectivity index (χ1v) is 7.63. The van der Waals surface area contributed by atoms with Crippen LogP contribution in [-0.4, -0.2) is 23.0 Å². The Labute approximate surface area is 121 Å². The first-order chi connectivity index (χ1) is 9.66. The van der Waals surface area contributed by atoms with Gasteiger partial charge in [0.05, 0.1) is 6.04 Å². The summed E-state index contributed by atoms with van der Waals surface area (Å²) in [7, 11) is 0. The molecule has 2 atom stereocenters. The molecule has 2 rings (SSSR count). The van der Waals surface area contributed by atoms with E-state index in [0.717, 1.165) is 18.4 Å². The van der Waals surface area contributed by atoms with Gasteiger partial charge in [-0.25, -0.2) is 0 Å². The van der Waals surface area contributed by atoms with Crippen molar-refractivity contribution in [3.8, 4) is 0 Å². The number of carbonyl (C=O) groups is 1. The molecule has 2 N–H and O–H groups in total. The molecule has 0 saturated heterocycles. The first-order valence-electron chi connectivity index (χ1n) is 7.63. The number of hydrogen-bond acceptors (Lipinski definition) is 3. The number of carbonyl (C=O) groups excluding carboxylic acids is 1. The second-order valence-electron chi connectivity index (χ2n) is 5.73. The van der Waals surface area contributed by atoms with Crippen molar-refractivity contribution >= 4 is 5.91 Å². The van der Waals surface area contributed by atoms with E-state index in [0.29, 0.717) is 6.04 Å². The maximum Gasteiger partial charge on any atom is 0.237 e. The highest BCUT2D eigenvalue weighted by atomic mass is 16.2. The minimum Gasteiger partial charge on any atom is -0.352 e. The third-order valence-corrected chi connectivity index (χ3v) is 4.05. The Balaban J connectivity index is 1.81. The molecule has 110 valence electrons. The Kier molecular flexibility index (Phi) is 5.53. The lowest BCUT2D eigenvalue weighted by molar-refractivity contribution is -0.123. The molecule has 0 radical (unpaired) electrons. The SMILES string of the molecule is CC(N[C@H](C)c1ccncc1)C(=O)NC1CCCCC1. The topological polar surface area (TPSA) is 54.0 Å². The van der Waals surface area contributed by atoms with Gasteiger partial charge in [0.1, 0.15) is 0 Å². The number of pyridine rings is 1. The minimum absolute atomic E-state index is 0.109. The lowest BCUT2D eigenvalue weighted by atomic mass is 9.95. The Hall–Kier alpha value is -1.42. The molecule has 1 aromatic rings. The van der Waals surface area contributed by atoms with Crippen molar-refractivity contribution < 1.29 is 4.79 Å². The van der Waals surface area contributed by atoms with Gasteiger partial charge in [0, 0.05) is 24.5 Å². The summed E-state index contributed by atoms with van der Waals surface area (Å²) < 4.78 is 0. The molecule has 0 spiro atoms. The monoisotopic (exact) mass is 275 g/mol. The van der Waals surface area contributed by atoms with Crippen LogP contribution in [0.4, 0.5) is 0 Å². The molecule has 0 bridgehead atoms. The summed E-state index contributed by atoms with van der Waals surface area (Å²) in [5.41, 5.74) is 1.15. The quantitative estimate of drug-likeness (QED) is 0.868. The van der Waals surface area contributed by atoms with Gasteiger partial charge in [-0.05, 0) is 44.4 Å². The van der Waals surface area contributed by atoms with Crippen LogP contribution in [0.1, 0.15) is 57.6 Å². The Morgan fingerprint density at radius 3 is 2.50 bits per heavy atom. The number of nitrogens with zero attached hydrogens (tertiary/aromatic N) is 1. The van der Waals surface area contributed by atoms with Gasteiger partial charge >= 0.3 is 0 Å². The zero-order valence-corrected chi connectivity index (χ0v) is 12.4. The molecule has 1 aliphatic carbocycles. The van der Waals surface area contributed by atoms with Crippen LogP contribution in [0.5, 0.6) is 0 Å². The molecular formula is C16H25N3O. The summed E-state index contributed by atoms with van der Waals surface area (Å²) in [6, 6.07) is 4.29. The molecule has 1 fully saturated rings. The third kappa shape index (κ3) is 4.30. The van der Waals surface area contributed by atoms with Crippen molar-refractivity contribution in [3.05, 3.63) is 30.1 Å². The number of hydrogen-bond donors (Lipinski definition) is 2. The zero-order chi connectivity index (χ0) is 14.4. The van der Waals surface area contributed by atoms with Crippen LogP contribution in [0.25, 0.3) is 0 Å². The van der Waals surface area contributed by atoms with Gasteiger partial charge in [0.15, 0.2) is 0 Å². The number of aromatic nitrogens is 1. The van der Waals surface area contributed by atoms with Crippen molar-refractivity contribution in [2.75, 3.05) is 0 Å². The number of nitrogens with one attached hydrogen (secondary N) is 2. The van der Waals surface area contributed by atoms with Crippen molar-refractivity contribution in [1.29, 1.82) is 0 Å². The molecule has 4 nitrogen and oxygen atoms in total. The maximum absolute atomic E-state index is 12.2. The summed E-state index contributed by atoms with van der Waals surface area (Å²) in [6.45, 7) is 4.00.